The normalized spacial score (nSPS) is 22.9. The van der Waals surface area contributed by atoms with E-state index in [1.165, 1.54) is 62.8 Å². The first-order valence-corrected chi connectivity index (χ1v) is 11.6. The maximum absolute atomic E-state index is 12.5. The van der Waals surface area contributed by atoms with Crippen molar-refractivity contribution in [3.05, 3.63) is 59.7 Å². The lowest BCUT2D eigenvalue weighted by Gasteiger charge is -2.40. The van der Waals surface area contributed by atoms with Gasteiger partial charge in [0, 0.05) is 25.0 Å². The van der Waals surface area contributed by atoms with E-state index >= 15 is 0 Å². The van der Waals surface area contributed by atoms with Crippen molar-refractivity contribution in [2.45, 2.75) is 36.8 Å². The number of aliphatic carboxylic acids is 1. The zero-order valence-electron chi connectivity index (χ0n) is 21.0. The molecule has 0 aliphatic heterocycles. The summed E-state index contributed by atoms with van der Waals surface area (Å²) >= 11 is 0. The van der Waals surface area contributed by atoms with Gasteiger partial charge in [-0.1, -0.05) is 12.1 Å². The summed E-state index contributed by atoms with van der Waals surface area (Å²) in [6.07, 6.45) is -1.27. The number of esters is 2. The zero-order valence-corrected chi connectivity index (χ0v) is 21.0. The van der Waals surface area contributed by atoms with Gasteiger partial charge in [0.05, 0.1) is 20.3 Å². The molecule has 1 aliphatic carbocycles. The van der Waals surface area contributed by atoms with E-state index in [-0.39, 0.29) is 23.0 Å². The number of carbonyl (C=O) groups is 3. The van der Waals surface area contributed by atoms with Crippen molar-refractivity contribution in [2.24, 2.45) is 0 Å². The van der Waals surface area contributed by atoms with E-state index in [4.69, 9.17) is 18.9 Å². The fourth-order valence-electron chi connectivity index (χ4n) is 3.97. The number of aromatic hydroxyl groups is 2. The lowest BCUT2D eigenvalue weighted by Crippen LogP contribution is -2.58. The molecule has 1 aliphatic rings. The van der Waals surface area contributed by atoms with Gasteiger partial charge < -0.3 is 44.5 Å². The molecule has 0 radical (unpaired) electrons. The van der Waals surface area contributed by atoms with Crippen molar-refractivity contribution in [3.63, 3.8) is 0 Å². The molecule has 1 fully saturated rings. The molecule has 0 saturated heterocycles. The molecule has 0 bridgehead atoms. The van der Waals surface area contributed by atoms with Gasteiger partial charge in [-0.15, -0.1) is 0 Å². The molecular formula is C27H28O12. The summed E-state index contributed by atoms with van der Waals surface area (Å²) in [5, 5.41) is 49.8. The highest BCUT2D eigenvalue weighted by atomic mass is 16.6. The van der Waals surface area contributed by atoms with Crippen molar-refractivity contribution in [2.75, 3.05) is 14.2 Å². The molecule has 0 amide bonds. The largest absolute Gasteiger partial charge is 0.504 e. The average molecular weight is 545 g/mol. The van der Waals surface area contributed by atoms with Gasteiger partial charge in [0.1, 0.15) is 6.10 Å². The lowest BCUT2D eigenvalue weighted by molar-refractivity contribution is -0.204. The minimum atomic E-state index is -2.43. The Balaban J connectivity index is 1.76. The Morgan fingerprint density at radius 1 is 0.846 bits per heavy atom. The van der Waals surface area contributed by atoms with Crippen molar-refractivity contribution < 1.29 is 58.9 Å². The number of hydrogen-bond donors (Lipinski definition) is 5. The Labute approximate surface area is 222 Å². The first-order valence-electron chi connectivity index (χ1n) is 11.6. The van der Waals surface area contributed by atoms with Crippen LogP contribution >= 0.6 is 0 Å². The van der Waals surface area contributed by atoms with Gasteiger partial charge in [-0.25, -0.2) is 14.4 Å². The number of ether oxygens (including phenoxy) is 4. The van der Waals surface area contributed by atoms with Crippen LogP contribution in [0.2, 0.25) is 0 Å². The van der Waals surface area contributed by atoms with Crippen LogP contribution in [-0.4, -0.2) is 81.6 Å². The third-order valence-electron chi connectivity index (χ3n) is 5.98. The number of rotatable bonds is 9. The molecule has 2 aromatic rings. The van der Waals surface area contributed by atoms with Gasteiger partial charge in [0.15, 0.2) is 34.7 Å². The second-order valence-corrected chi connectivity index (χ2v) is 8.72. The molecular weight excluding hydrogens is 516 g/mol. The number of carboxylic acid groups (broad SMARTS) is 1. The Hall–Kier alpha value is -4.55. The number of aliphatic hydroxyl groups is 2. The lowest BCUT2D eigenvalue weighted by atomic mass is 9.79. The van der Waals surface area contributed by atoms with E-state index in [0.717, 1.165) is 12.2 Å². The topological polar surface area (TPSA) is 189 Å². The molecule has 5 N–H and O–H groups in total. The Morgan fingerprint density at radius 2 is 1.33 bits per heavy atom. The molecule has 208 valence electrons. The Kier molecular flexibility index (Phi) is 9.17. The fraction of sp³-hybridized carbons (Fsp3) is 0.296. The van der Waals surface area contributed by atoms with E-state index in [1.807, 2.05) is 0 Å². The van der Waals surface area contributed by atoms with E-state index in [9.17, 15) is 39.9 Å². The van der Waals surface area contributed by atoms with Crippen LogP contribution < -0.4 is 9.47 Å². The molecule has 2 unspecified atom stereocenters. The second-order valence-electron chi connectivity index (χ2n) is 8.72. The molecule has 12 nitrogen and oxygen atoms in total. The van der Waals surface area contributed by atoms with Gasteiger partial charge in [0.2, 0.25) is 0 Å². The number of aliphatic hydroxyl groups excluding tert-OH is 1. The predicted molar refractivity (Wildman–Crippen MR) is 135 cm³/mol. The maximum Gasteiger partial charge on any atom is 0.335 e. The molecule has 0 heterocycles. The summed E-state index contributed by atoms with van der Waals surface area (Å²) in [6, 6.07) is 8.63. The van der Waals surface area contributed by atoms with Crippen LogP contribution in [0.4, 0.5) is 0 Å². The summed E-state index contributed by atoms with van der Waals surface area (Å²) in [6.45, 7) is 0. The van der Waals surface area contributed by atoms with E-state index in [2.05, 4.69) is 0 Å². The molecule has 0 spiro atoms. The van der Waals surface area contributed by atoms with Crippen molar-refractivity contribution >= 4 is 30.1 Å². The number of carboxylic acids is 1. The van der Waals surface area contributed by atoms with E-state index in [0.29, 0.717) is 11.1 Å². The fourth-order valence-corrected chi connectivity index (χ4v) is 3.97. The zero-order chi connectivity index (χ0) is 28.7. The van der Waals surface area contributed by atoms with Crippen LogP contribution in [0.3, 0.4) is 0 Å². The predicted octanol–water partition coefficient (Wildman–Crippen LogP) is 1.64. The summed E-state index contributed by atoms with van der Waals surface area (Å²) in [5.41, 5.74) is -1.49. The van der Waals surface area contributed by atoms with Crippen molar-refractivity contribution in [3.8, 4) is 23.0 Å². The smallest absolute Gasteiger partial charge is 0.335 e. The van der Waals surface area contributed by atoms with Crippen LogP contribution in [0.1, 0.15) is 24.0 Å². The number of phenols is 2. The minimum absolute atomic E-state index is 0.100. The molecule has 4 atom stereocenters. The van der Waals surface area contributed by atoms with E-state index < -0.39 is 54.7 Å². The van der Waals surface area contributed by atoms with Gasteiger partial charge >= 0.3 is 17.9 Å². The van der Waals surface area contributed by atoms with Crippen LogP contribution in [0.5, 0.6) is 23.0 Å². The standard InChI is InChI=1S/C27H28O12/c1-36-20-11-15(3-7-17(20)28)5-9-23(31)38-22-14-27(35,26(33)34)13-19(30)25(22)39-24(32)10-6-16-4-8-18(29)21(12-16)37-2/h3-12,19,22,25,28-30,35H,13-14H2,1-2H3,(H,33,34)/b9-5+,10-6+/t19?,22?,25-,27+/m0/s1. The third-order valence-corrected chi connectivity index (χ3v) is 5.98. The number of benzene rings is 2. The Morgan fingerprint density at radius 3 is 1.79 bits per heavy atom. The van der Waals surface area contributed by atoms with Crippen LogP contribution in [0.15, 0.2) is 48.6 Å². The summed E-state index contributed by atoms with van der Waals surface area (Å²) < 4.78 is 20.6. The summed E-state index contributed by atoms with van der Waals surface area (Å²) in [5.74, 6) is -3.42. The molecule has 12 heteroatoms. The molecule has 1 saturated carbocycles. The average Bonchev–Trinajstić information content (AvgIpc) is 2.89. The van der Waals surface area contributed by atoms with Crippen LogP contribution in [0.25, 0.3) is 12.2 Å². The number of methoxy groups -OCH3 is 2. The first kappa shape index (κ1) is 29.0. The molecule has 39 heavy (non-hydrogen) atoms. The van der Waals surface area contributed by atoms with Gasteiger partial charge in [-0.2, -0.15) is 0 Å². The summed E-state index contributed by atoms with van der Waals surface area (Å²) in [7, 11) is 2.71. The maximum atomic E-state index is 12.5. The summed E-state index contributed by atoms with van der Waals surface area (Å²) in [4.78, 5) is 36.7. The van der Waals surface area contributed by atoms with Crippen LogP contribution in [0, 0.1) is 0 Å². The molecule has 2 aromatic carbocycles. The highest BCUT2D eigenvalue weighted by Gasteiger charge is 2.52. The van der Waals surface area contributed by atoms with Gasteiger partial charge in [0.25, 0.3) is 0 Å². The minimum Gasteiger partial charge on any atom is -0.504 e. The van der Waals surface area contributed by atoms with Gasteiger partial charge in [-0.05, 0) is 47.5 Å². The Bertz CT molecular complexity index is 1280. The highest BCUT2D eigenvalue weighted by Crippen LogP contribution is 2.34. The quantitative estimate of drug-likeness (QED) is 0.227. The SMILES string of the molecule is COc1cc(/C=C/C(=O)OC2C[C@@](O)(C(=O)O)CC(O)[C@@H]2OC(=O)/C=C/c2ccc(O)c(OC)c2)ccc1O. The van der Waals surface area contributed by atoms with Crippen LogP contribution in [-0.2, 0) is 23.9 Å². The van der Waals surface area contributed by atoms with Crippen molar-refractivity contribution in [1.82, 2.24) is 0 Å². The number of carbonyl (C=O) groups excluding carboxylic acids is 2. The van der Waals surface area contributed by atoms with Crippen molar-refractivity contribution in [1.29, 1.82) is 0 Å². The molecule has 0 aromatic heterocycles. The number of hydrogen-bond acceptors (Lipinski definition) is 11. The highest BCUT2D eigenvalue weighted by molar-refractivity contribution is 5.88. The second kappa shape index (κ2) is 12.3. The first-order chi connectivity index (χ1) is 18.4. The monoisotopic (exact) mass is 544 g/mol. The molecule has 3 rings (SSSR count). The number of phenolic OH excluding ortho intramolecular Hbond substituents is 2. The third kappa shape index (κ3) is 7.27. The van der Waals surface area contributed by atoms with Gasteiger partial charge in [-0.3, -0.25) is 0 Å². The van der Waals surface area contributed by atoms with E-state index in [1.54, 1.807) is 0 Å².